The van der Waals surface area contributed by atoms with Crippen molar-refractivity contribution in [2.45, 2.75) is 82.5 Å². The first-order valence-electron chi connectivity index (χ1n) is 20.0. The Hall–Kier alpha value is -4.62. The Bertz CT molecular complexity index is 2410. The zero-order valence-electron chi connectivity index (χ0n) is 31.1. The molecule has 5 atom stereocenters. The second-order valence-electron chi connectivity index (χ2n) is 18.4. The Morgan fingerprint density at radius 1 is 0.538 bits per heavy atom. The monoisotopic (exact) mass is 675 g/mol. The zero-order chi connectivity index (χ0) is 35.0. The van der Waals surface area contributed by atoms with Crippen LogP contribution >= 0.6 is 0 Å². The lowest BCUT2D eigenvalue weighted by Gasteiger charge is -2.45. The average Bonchev–Trinajstić information content (AvgIpc) is 3.71. The standard InChI is InChI=1S/C51H49N/c1-49(2)25-26-50(3,4)48-43(49)16-10-18-46(48)52(39-23-21-34(22-24-39)36-20-19-33-11-5-6-12-35(33)30-36)45-17-9-15-42-47(45)40-13-7-8-14-41(40)51(42)38-28-32-27-37(31-38)44(51)29-32/h5-24,30,32,37-38,44H,25-29,31H2,1-4H3. The summed E-state index contributed by atoms with van der Waals surface area (Å²) in [5, 5.41) is 2.57. The van der Waals surface area contributed by atoms with Crippen molar-refractivity contribution >= 4 is 27.8 Å². The fraction of sp³-hybridized carbons (Fsp3) is 0.333. The molecule has 6 aromatic rings. The SMILES string of the molecule is CC1(C)CCC(C)(C)c2c(N(c3ccc(-c4ccc5ccccc5c4)cc3)c3cccc4c3-c3ccccc3C43C4CC5CC(C4)C3C5)cccc21. The van der Waals surface area contributed by atoms with Gasteiger partial charge in [-0.05, 0) is 153 Å². The van der Waals surface area contributed by atoms with Crippen LogP contribution in [0.3, 0.4) is 0 Å². The van der Waals surface area contributed by atoms with Crippen molar-refractivity contribution in [1.29, 1.82) is 0 Å². The molecular formula is C51H49N. The highest BCUT2D eigenvalue weighted by atomic mass is 15.1. The molecule has 0 amide bonds. The molecule has 6 aliphatic carbocycles. The first-order chi connectivity index (χ1) is 25.2. The van der Waals surface area contributed by atoms with Crippen LogP contribution < -0.4 is 4.90 Å². The maximum Gasteiger partial charge on any atom is 0.0543 e. The van der Waals surface area contributed by atoms with Crippen LogP contribution in [0.2, 0.25) is 0 Å². The van der Waals surface area contributed by atoms with Gasteiger partial charge in [-0.25, -0.2) is 0 Å². The molecule has 1 spiro atoms. The van der Waals surface area contributed by atoms with E-state index >= 15 is 0 Å². The Kier molecular flexibility index (Phi) is 6.38. The minimum absolute atomic E-state index is 0.0608. The third kappa shape index (κ3) is 4.11. The number of anilines is 3. The molecule has 0 heterocycles. The predicted molar refractivity (Wildman–Crippen MR) is 218 cm³/mol. The first kappa shape index (κ1) is 31.0. The smallest absolute Gasteiger partial charge is 0.0543 e. The molecule has 1 heteroatoms. The largest absolute Gasteiger partial charge is 0.310 e. The summed E-state index contributed by atoms with van der Waals surface area (Å²) in [5.41, 5.74) is 16.0. The van der Waals surface area contributed by atoms with E-state index in [2.05, 4.69) is 160 Å². The average molecular weight is 676 g/mol. The quantitative estimate of drug-likeness (QED) is 0.180. The molecule has 12 rings (SSSR count). The van der Waals surface area contributed by atoms with E-state index in [0.717, 1.165) is 23.7 Å². The topological polar surface area (TPSA) is 3.24 Å². The maximum atomic E-state index is 2.67. The summed E-state index contributed by atoms with van der Waals surface area (Å²) in [7, 11) is 0. The van der Waals surface area contributed by atoms with Gasteiger partial charge in [0, 0.05) is 16.7 Å². The summed E-state index contributed by atoms with van der Waals surface area (Å²) in [6.07, 6.45) is 8.07. The normalized spacial score (nSPS) is 26.8. The molecule has 258 valence electrons. The number of nitrogens with zero attached hydrogens (tertiary/aromatic N) is 1. The van der Waals surface area contributed by atoms with Gasteiger partial charge in [0.15, 0.2) is 0 Å². The third-order valence-corrected chi connectivity index (χ3v) is 14.9. The van der Waals surface area contributed by atoms with Crippen molar-refractivity contribution in [1.82, 2.24) is 0 Å². The van der Waals surface area contributed by atoms with Crippen molar-refractivity contribution in [2.24, 2.45) is 23.7 Å². The molecule has 52 heavy (non-hydrogen) atoms. The van der Waals surface area contributed by atoms with Gasteiger partial charge in [-0.2, -0.15) is 0 Å². The Balaban J connectivity index is 1.15. The van der Waals surface area contributed by atoms with Crippen LogP contribution in [0.25, 0.3) is 33.0 Å². The molecule has 5 unspecified atom stereocenters. The van der Waals surface area contributed by atoms with Gasteiger partial charge >= 0.3 is 0 Å². The molecule has 4 saturated carbocycles. The van der Waals surface area contributed by atoms with E-state index in [9.17, 15) is 0 Å². The number of hydrogen-bond acceptors (Lipinski definition) is 1. The highest BCUT2D eigenvalue weighted by Crippen LogP contribution is 2.73. The highest BCUT2D eigenvalue weighted by molar-refractivity contribution is 5.97. The van der Waals surface area contributed by atoms with Gasteiger partial charge in [0.25, 0.3) is 0 Å². The molecule has 0 aromatic heterocycles. The number of hydrogen-bond donors (Lipinski definition) is 0. The van der Waals surface area contributed by atoms with Gasteiger partial charge in [-0.1, -0.05) is 125 Å². The predicted octanol–water partition coefficient (Wildman–Crippen LogP) is 13.7. The van der Waals surface area contributed by atoms with Gasteiger partial charge in [0.05, 0.1) is 11.4 Å². The fourth-order valence-electron chi connectivity index (χ4n) is 12.7. The summed E-state index contributed by atoms with van der Waals surface area (Å²) in [6.45, 7) is 9.88. The lowest BCUT2D eigenvalue weighted by atomic mass is 9.59. The molecular weight excluding hydrogens is 627 g/mol. The molecule has 1 nitrogen and oxygen atoms in total. The second-order valence-corrected chi connectivity index (χ2v) is 18.4. The molecule has 0 N–H and O–H groups in total. The van der Waals surface area contributed by atoms with E-state index in [1.54, 1.807) is 11.1 Å². The summed E-state index contributed by atoms with van der Waals surface area (Å²) >= 11 is 0. The molecule has 6 aromatic carbocycles. The van der Waals surface area contributed by atoms with Crippen molar-refractivity contribution in [2.75, 3.05) is 4.90 Å². The molecule has 0 saturated heterocycles. The minimum atomic E-state index is 0.0608. The van der Waals surface area contributed by atoms with Crippen molar-refractivity contribution in [3.05, 3.63) is 150 Å². The van der Waals surface area contributed by atoms with Gasteiger partial charge in [0.2, 0.25) is 0 Å². The van der Waals surface area contributed by atoms with Crippen LogP contribution in [-0.4, -0.2) is 0 Å². The van der Waals surface area contributed by atoms with Crippen LogP contribution in [0.1, 0.15) is 88.5 Å². The van der Waals surface area contributed by atoms with Crippen molar-refractivity contribution in [3.8, 4) is 22.3 Å². The van der Waals surface area contributed by atoms with Crippen LogP contribution in [0.4, 0.5) is 17.1 Å². The van der Waals surface area contributed by atoms with Crippen molar-refractivity contribution in [3.63, 3.8) is 0 Å². The molecule has 0 aliphatic heterocycles. The summed E-state index contributed by atoms with van der Waals surface area (Å²) in [6, 6.07) is 49.2. The summed E-state index contributed by atoms with van der Waals surface area (Å²) in [5.74, 6) is 3.35. The molecule has 0 radical (unpaired) electrons. The number of fused-ring (bicyclic) bond motifs is 5. The van der Waals surface area contributed by atoms with E-state index in [4.69, 9.17) is 0 Å². The first-order valence-corrected chi connectivity index (χ1v) is 20.0. The van der Waals surface area contributed by atoms with E-state index in [1.807, 2.05) is 0 Å². The van der Waals surface area contributed by atoms with Gasteiger partial charge in [0.1, 0.15) is 0 Å². The molecule has 4 fully saturated rings. The zero-order valence-corrected chi connectivity index (χ0v) is 31.1. The van der Waals surface area contributed by atoms with Crippen molar-refractivity contribution < 1.29 is 0 Å². The van der Waals surface area contributed by atoms with Crippen LogP contribution in [0, 0.1) is 23.7 Å². The van der Waals surface area contributed by atoms with E-state index in [-0.39, 0.29) is 16.2 Å². The molecule has 6 aliphatic rings. The van der Waals surface area contributed by atoms with Crippen LogP contribution in [0.5, 0.6) is 0 Å². The maximum absolute atomic E-state index is 2.67. The minimum Gasteiger partial charge on any atom is -0.310 e. The lowest BCUT2D eigenvalue weighted by molar-refractivity contribution is 0.191. The third-order valence-electron chi connectivity index (χ3n) is 14.9. The fourth-order valence-corrected chi connectivity index (χ4v) is 12.7. The number of benzene rings is 6. The summed E-state index contributed by atoms with van der Waals surface area (Å²) in [4.78, 5) is 2.67. The van der Waals surface area contributed by atoms with E-state index in [0.29, 0.717) is 0 Å². The van der Waals surface area contributed by atoms with Gasteiger partial charge in [-0.3, -0.25) is 0 Å². The van der Waals surface area contributed by atoms with Crippen LogP contribution in [0.15, 0.2) is 127 Å². The van der Waals surface area contributed by atoms with E-state index < -0.39 is 0 Å². The summed E-state index contributed by atoms with van der Waals surface area (Å²) < 4.78 is 0. The van der Waals surface area contributed by atoms with Gasteiger partial charge in [-0.15, -0.1) is 0 Å². The van der Waals surface area contributed by atoms with Crippen LogP contribution in [-0.2, 0) is 16.2 Å². The second kappa shape index (κ2) is 10.7. The van der Waals surface area contributed by atoms with E-state index in [1.165, 1.54) is 99.7 Å². The Morgan fingerprint density at radius 3 is 2.06 bits per heavy atom. The Labute approximate surface area is 309 Å². The Morgan fingerprint density at radius 2 is 1.23 bits per heavy atom. The van der Waals surface area contributed by atoms with Gasteiger partial charge < -0.3 is 4.90 Å². The number of rotatable bonds is 4. The lowest BCUT2D eigenvalue weighted by Crippen LogP contribution is -2.40. The highest BCUT2D eigenvalue weighted by Gasteiger charge is 2.66. The molecule has 4 bridgehead atoms.